The van der Waals surface area contributed by atoms with Crippen LogP contribution in [0.1, 0.15) is 123 Å². The molecule has 5 rings (SSSR count). The second-order valence-corrected chi connectivity index (χ2v) is 20.7. The first kappa shape index (κ1) is 52.0. The number of esters is 3. The molecule has 0 saturated carbocycles. The zero-order valence-corrected chi connectivity index (χ0v) is 41.8. The third-order valence-corrected chi connectivity index (χ3v) is 14.7. The molecule has 64 heavy (non-hydrogen) atoms. The van der Waals surface area contributed by atoms with Gasteiger partial charge in [-0.1, -0.05) is 27.7 Å². The molecule has 0 unspecified atom stereocenters. The van der Waals surface area contributed by atoms with Crippen molar-refractivity contribution in [1.82, 2.24) is 9.80 Å². The van der Waals surface area contributed by atoms with Crippen LogP contribution in [0.3, 0.4) is 0 Å². The topological polar surface area (TPSA) is 179 Å². The van der Waals surface area contributed by atoms with E-state index >= 15 is 0 Å². The number of carbonyl (C=O) groups is 4. The Morgan fingerprint density at radius 1 is 0.828 bits per heavy atom. The number of likely N-dealkylation sites (N-methyl/N-ethyl adjacent to an activating group) is 1. The van der Waals surface area contributed by atoms with Crippen LogP contribution in [-0.4, -0.2) is 164 Å². The van der Waals surface area contributed by atoms with Crippen LogP contribution in [-0.2, 0) is 61.8 Å². The van der Waals surface area contributed by atoms with Crippen molar-refractivity contribution in [1.29, 1.82) is 0 Å². The molecule has 5 heterocycles. The van der Waals surface area contributed by atoms with Crippen LogP contribution < -0.4 is 0 Å². The number of amides is 1. The zero-order valence-electron chi connectivity index (χ0n) is 41.8. The minimum absolute atomic E-state index is 0.139. The first-order valence-corrected chi connectivity index (χ1v) is 23.2. The molecule has 0 radical (unpaired) electrons. The molecular formula is C47H79N3O14. The maximum Gasteiger partial charge on any atom is 0.411 e. The molecule has 17 heteroatoms. The fraction of sp³-hybridized carbons (Fsp3) is 0.894. The zero-order chi connectivity index (χ0) is 48.0. The summed E-state index contributed by atoms with van der Waals surface area (Å²) in [6.07, 6.45) is -6.29. The third kappa shape index (κ3) is 10.4. The van der Waals surface area contributed by atoms with Gasteiger partial charge >= 0.3 is 24.0 Å². The van der Waals surface area contributed by atoms with E-state index in [2.05, 4.69) is 13.8 Å². The molecule has 5 aliphatic heterocycles. The molecule has 5 aliphatic rings. The molecule has 0 N–H and O–H groups in total. The van der Waals surface area contributed by atoms with E-state index in [1.54, 1.807) is 33.0 Å². The summed E-state index contributed by atoms with van der Waals surface area (Å²) in [5.74, 6) is -3.76. The van der Waals surface area contributed by atoms with E-state index in [1.165, 1.54) is 13.8 Å². The first-order valence-electron chi connectivity index (χ1n) is 23.2. The van der Waals surface area contributed by atoms with Crippen LogP contribution in [0.25, 0.3) is 0 Å². The Hall–Kier alpha value is -2.93. The van der Waals surface area contributed by atoms with Crippen molar-refractivity contribution >= 4 is 29.7 Å². The number of hydrogen-bond acceptors (Lipinski definition) is 16. The van der Waals surface area contributed by atoms with Gasteiger partial charge in [0.2, 0.25) is 0 Å². The molecule has 4 fully saturated rings. The van der Waals surface area contributed by atoms with Gasteiger partial charge in [0.05, 0.1) is 53.6 Å². The van der Waals surface area contributed by atoms with Crippen molar-refractivity contribution < 1.29 is 66.5 Å². The average molecular weight is 910 g/mol. The molecule has 0 aliphatic carbocycles. The van der Waals surface area contributed by atoms with Gasteiger partial charge in [0.15, 0.2) is 30.4 Å². The summed E-state index contributed by atoms with van der Waals surface area (Å²) in [4.78, 5) is 63.0. The summed E-state index contributed by atoms with van der Waals surface area (Å²) in [6, 6.07) is -0.776. The van der Waals surface area contributed by atoms with Gasteiger partial charge in [-0.3, -0.25) is 24.3 Å². The Labute approximate surface area is 381 Å². The average Bonchev–Trinajstić information content (AvgIpc) is 3.38. The number of rotatable bonds is 10. The number of cyclic esters (lactones) is 1. The van der Waals surface area contributed by atoms with Gasteiger partial charge in [-0.25, -0.2) is 4.79 Å². The fourth-order valence-electron chi connectivity index (χ4n) is 11.5. The summed E-state index contributed by atoms with van der Waals surface area (Å²) in [6.45, 7) is 26.2. The highest BCUT2D eigenvalue weighted by Crippen LogP contribution is 2.47. The van der Waals surface area contributed by atoms with Crippen LogP contribution in [0.5, 0.6) is 0 Å². The number of methoxy groups -OCH3 is 2. The largest absolute Gasteiger partial charge is 0.458 e. The van der Waals surface area contributed by atoms with E-state index in [-0.39, 0.29) is 30.4 Å². The molecular weight excluding hydrogens is 831 g/mol. The molecule has 4 saturated heterocycles. The summed E-state index contributed by atoms with van der Waals surface area (Å²) in [5, 5.41) is 0. The summed E-state index contributed by atoms with van der Waals surface area (Å²) in [7, 11) is 7.03. The molecule has 18 atom stereocenters. The number of fused-ring (bicyclic) bond motifs is 1. The Morgan fingerprint density at radius 2 is 1.44 bits per heavy atom. The molecule has 0 spiro atoms. The van der Waals surface area contributed by atoms with Crippen molar-refractivity contribution in [2.24, 2.45) is 28.7 Å². The van der Waals surface area contributed by atoms with Crippen molar-refractivity contribution in [3.8, 4) is 0 Å². The van der Waals surface area contributed by atoms with Gasteiger partial charge in [-0.2, -0.15) is 0 Å². The quantitative estimate of drug-likeness (QED) is 0.192. The van der Waals surface area contributed by atoms with Gasteiger partial charge in [0.1, 0.15) is 11.7 Å². The number of nitrogens with zero attached hydrogens (tertiary/aromatic N) is 3. The van der Waals surface area contributed by atoms with E-state index in [0.29, 0.717) is 25.8 Å². The molecule has 0 aromatic heterocycles. The standard InChI is InChI=1S/C47H79N3O14/c1-19-33-47(14)38-26(4)35(48-44(10,11)23-50(38)43(54)64-47)24(2)21-45(12,55-17)39(63-42-37(59-30(8)51)32(49(15)16)20-25(3)57-42)27(5)36(28(6)41(53)61-33)62-34-22-46(13,56-18)40(29(7)58-34)60-31(9)52/h24-29,32-34,36-40,42H,19-23H2,1-18H3/t24-,25-,26+,27+,28-,29+,32+,33-,34+,36+,37-,38-,39-,40+,42+,45-,46-,47-/m1/s1. The molecule has 1 amide bonds. The van der Waals surface area contributed by atoms with Gasteiger partial charge in [-0.15, -0.1) is 0 Å². The highest BCUT2D eigenvalue weighted by atomic mass is 16.7. The van der Waals surface area contributed by atoms with Gasteiger partial charge in [0.25, 0.3) is 0 Å². The fourth-order valence-corrected chi connectivity index (χ4v) is 11.5. The molecule has 0 aromatic carbocycles. The van der Waals surface area contributed by atoms with E-state index in [0.717, 1.165) is 5.71 Å². The lowest BCUT2D eigenvalue weighted by Crippen LogP contribution is -2.62. The van der Waals surface area contributed by atoms with Crippen molar-refractivity contribution in [3.63, 3.8) is 0 Å². The summed E-state index contributed by atoms with van der Waals surface area (Å²) >= 11 is 0. The second-order valence-electron chi connectivity index (χ2n) is 20.7. The molecule has 17 nitrogen and oxygen atoms in total. The maximum atomic E-state index is 14.9. The highest BCUT2D eigenvalue weighted by molar-refractivity contribution is 5.91. The Bertz CT molecular complexity index is 1730. The Kier molecular flexibility index (Phi) is 16.0. The minimum atomic E-state index is -1.23. The monoisotopic (exact) mass is 910 g/mol. The predicted molar refractivity (Wildman–Crippen MR) is 235 cm³/mol. The lowest BCUT2D eigenvalue weighted by atomic mass is 9.72. The van der Waals surface area contributed by atoms with Crippen LogP contribution in [0.4, 0.5) is 4.79 Å². The van der Waals surface area contributed by atoms with E-state index in [1.807, 2.05) is 74.4 Å². The highest BCUT2D eigenvalue weighted by Gasteiger charge is 2.62. The Balaban J connectivity index is 1.71. The number of hydrogen-bond donors (Lipinski definition) is 0. The van der Waals surface area contributed by atoms with Crippen LogP contribution >= 0.6 is 0 Å². The lowest BCUT2D eigenvalue weighted by molar-refractivity contribution is -0.320. The first-order chi connectivity index (χ1) is 29.6. The number of ether oxygens (including phenoxy) is 10. The van der Waals surface area contributed by atoms with Crippen LogP contribution in [0, 0.1) is 23.7 Å². The van der Waals surface area contributed by atoms with Crippen LogP contribution in [0.2, 0.25) is 0 Å². The van der Waals surface area contributed by atoms with Crippen molar-refractivity contribution in [3.05, 3.63) is 0 Å². The molecule has 366 valence electrons. The smallest absolute Gasteiger partial charge is 0.411 e. The van der Waals surface area contributed by atoms with Gasteiger partial charge in [0, 0.05) is 58.6 Å². The second kappa shape index (κ2) is 19.7. The van der Waals surface area contributed by atoms with E-state index in [4.69, 9.17) is 52.4 Å². The number of aliphatic imine (C=N–C) groups is 1. The molecule has 0 aromatic rings. The molecule has 2 bridgehead atoms. The maximum absolute atomic E-state index is 14.9. The third-order valence-electron chi connectivity index (χ3n) is 14.7. The van der Waals surface area contributed by atoms with E-state index < -0.39 is 113 Å². The van der Waals surface area contributed by atoms with Crippen LogP contribution in [0.15, 0.2) is 4.99 Å². The summed E-state index contributed by atoms with van der Waals surface area (Å²) < 4.78 is 64.6. The summed E-state index contributed by atoms with van der Waals surface area (Å²) in [5.41, 5.74) is -3.22. The minimum Gasteiger partial charge on any atom is -0.458 e. The number of carbonyl (C=O) groups excluding carboxylic acids is 4. The van der Waals surface area contributed by atoms with E-state index in [9.17, 15) is 19.2 Å². The SMILES string of the molecule is CC[C@H]1OC(=O)[C@H](C)[C@@H](O[C@H]2C[C@@](C)(OC)[C@@H](OC(C)=O)[C@H](C)O2)[C@H](C)[C@@H](O[C@@H]2O[C@H](C)C[C@H](N(C)C)[C@H]2OC(C)=O)[C@](C)(OC)C[C@@H](C)C2=NC(C)(C)CN3C(=O)O[C@@]1(C)[C@H]3[C@H]2C. The van der Waals surface area contributed by atoms with Crippen molar-refractivity contribution in [2.75, 3.05) is 34.9 Å². The lowest BCUT2D eigenvalue weighted by Gasteiger charge is -2.50. The van der Waals surface area contributed by atoms with Crippen molar-refractivity contribution in [2.45, 2.75) is 212 Å². The normalized spacial score (nSPS) is 44.2. The predicted octanol–water partition coefficient (Wildman–Crippen LogP) is 5.71. The van der Waals surface area contributed by atoms with Gasteiger partial charge < -0.3 is 52.3 Å². The van der Waals surface area contributed by atoms with Gasteiger partial charge in [-0.05, 0) is 94.7 Å². The Morgan fingerprint density at radius 3 is 2.00 bits per heavy atom.